The van der Waals surface area contributed by atoms with Gasteiger partial charge < -0.3 is 15.4 Å². The quantitative estimate of drug-likeness (QED) is 0.610. The van der Waals surface area contributed by atoms with Crippen LogP contribution in [0.5, 0.6) is 5.75 Å². The first kappa shape index (κ1) is 16.6. The highest BCUT2D eigenvalue weighted by Crippen LogP contribution is 2.16. The Hall–Kier alpha value is -1.78. The molecule has 0 radical (unpaired) electrons. The summed E-state index contributed by atoms with van der Waals surface area (Å²) >= 11 is 11.1. The molecule has 0 aromatic heterocycles. The largest absolute Gasteiger partial charge is 0.497 e. The summed E-state index contributed by atoms with van der Waals surface area (Å²) < 4.78 is 5.18. The van der Waals surface area contributed by atoms with Crippen molar-refractivity contribution in [3.05, 3.63) is 59.1 Å². The third-order valence-electron chi connectivity index (χ3n) is 3.17. The number of benzene rings is 2. The Morgan fingerprint density at radius 1 is 1.18 bits per heavy atom. The molecule has 0 fully saturated rings. The zero-order chi connectivity index (χ0) is 15.8. The van der Waals surface area contributed by atoms with E-state index >= 15 is 0 Å². The number of methoxy groups -OCH3 is 1. The molecule has 2 rings (SSSR count). The van der Waals surface area contributed by atoms with Crippen LogP contribution in [0.25, 0.3) is 0 Å². The predicted octanol–water partition coefficient (Wildman–Crippen LogP) is 4.27. The zero-order valence-corrected chi connectivity index (χ0v) is 14.0. The lowest BCUT2D eigenvalue weighted by atomic mass is 10.1. The van der Waals surface area contributed by atoms with Gasteiger partial charge in [0.15, 0.2) is 5.11 Å². The van der Waals surface area contributed by atoms with Crippen molar-refractivity contribution in [2.45, 2.75) is 12.8 Å². The van der Waals surface area contributed by atoms with E-state index in [-0.39, 0.29) is 0 Å². The lowest BCUT2D eigenvalue weighted by Crippen LogP contribution is -2.29. The van der Waals surface area contributed by atoms with E-state index in [4.69, 9.17) is 28.6 Å². The molecule has 0 spiro atoms. The fourth-order valence-electron chi connectivity index (χ4n) is 2.02. The third-order valence-corrected chi connectivity index (χ3v) is 3.67. The summed E-state index contributed by atoms with van der Waals surface area (Å²) in [7, 11) is 1.65. The Labute approximate surface area is 141 Å². The fraction of sp³-hybridized carbons (Fsp3) is 0.235. The Bertz CT molecular complexity index is 616. The molecule has 0 saturated heterocycles. The lowest BCUT2D eigenvalue weighted by Gasteiger charge is -2.11. The van der Waals surface area contributed by atoms with Crippen LogP contribution in [-0.2, 0) is 6.42 Å². The minimum absolute atomic E-state index is 0.615. The highest BCUT2D eigenvalue weighted by Gasteiger charge is 1.99. The minimum atomic E-state index is 0.615. The molecule has 0 bridgehead atoms. The summed E-state index contributed by atoms with van der Waals surface area (Å²) in [6, 6.07) is 15.6. The molecular formula is C17H19ClN2OS. The van der Waals surface area contributed by atoms with E-state index in [0.717, 1.165) is 35.8 Å². The molecule has 2 N–H and O–H groups in total. The van der Waals surface area contributed by atoms with Crippen molar-refractivity contribution in [2.75, 3.05) is 19.0 Å². The predicted molar refractivity (Wildman–Crippen MR) is 97.0 cm³/mol. The van der Waals surface area contributed by atoms with Crippen molar-refractivity contribution in [2.24, 2.45) is 0 Å². The molecule has 0 heterocycles. The van der Waals surface area contributed by atoms with Crippen LogP contribution in [0.15, 0.2) is 48.5 Å². The smallest absolute Gasteiger partial charge is 0.170 e. The number of hydrogen-bond acceptors (Lipinski definition) is 2. The summed E-state index contributed by atoms with van der Waals surface area (Å²) in [4.78, 5) is 0. The first-order valence-corrected chi connectivity index (χ1v) is 7.89. The second-order valence-electron chi connectivity index (χ2n) is 4.84. The number of thiocarbonyl (C=S) groups is 1. The van der Waals surface area contributed by atoms with E-state index in [2.05, 4.69) is 22.8 Å². The van der Waals surface area contributed by atoms with E-state index in [1.807, 2.05) is 36.4 Å². The summed E-state index contributed by atoms with van der Waals surface area (Å²) in [5, 5.41) is 7.73. The van der Waals surface area contributed by atoms with Crippen molar-refractivity contribution in [3.63, 3.8) is 0 Å². The van der Waals surface area contributed by atoms with E-state index in [1.54, 1.807) is 7.11 Å². The van der Waals surface area contributed by atoms with E-state index in [1.165, 1.54) is 5.56 Å². The van der Waals surface area contributed by atoms with E-state index < -0.39 is 0 Å². The molecule has 2 aromatic carbocycles. The number of aryl methyl sites for hydroxylation is 1. The second-order valence-corrected chi connectivity index (χ2v) is 5.69. The average molecular weight is 335 g/mol. The normalized spacial score (nSPS) is 10.1. The Balaban J connectivity index is 1.70. The van der Waals surface area contributed by atoms with Gasteiger partial charge in [0.25, 0.3) is 0 Å². The Morgan fingerprint density at radius 3 is 2.68 bits per heavy atom. The van der Waals surface area contributed by atoms with Crippen molar-refractivity contribution in [1.29, 1.82) is 0 Å². The maximum atomic E-state index is 5.87. The molecule has 22 heavy (non-hydrogen) atoms. The van der Waals surface area contributed by atoms with Gasteiger partial charge in [-0.15, -0.1) is 0 Å². The van der Waals surface area contributed by atoms with Crippen molar-refractivity contribution in [1.82, 2.24) is 5.32 Å². The van der Waals surface area contributed by atoms with Crippen molar-refractivity contribution >= 4 is 34.6 Å². The number of halogens is 1. The molecule has 0 aliphatic heterocycles. The molecule has 0 aliphatic rings. The lowest BCUT2D eigenvalue weighted by molar-refractivity contribution is 0.415. The first-order chi connectivity index (χ1) is 10.7. The van der Waals surface area contributed by atoms with Crippen LogP contribution in [0.2, 0.25) is 5.02 Å². The molecule has 0 amide bonds. The molecule has 0 unspecified atom stereocenters. The summed E-state index contributed by atoms with van der Waals surface area (Å²) in [5.74, 6) is 0.801. The van der Waals surface area contributed by atoms with Crippen LogP contribution in [0.4, 0.5) is 5.69 Å². The standard InChI is InChI=1S/C17H19ClN2OS/c1-21-16-6-2-5-15(12-16)20-17(22)19-11-3-4-13-7-9-14(18)10-8-13/h2,5-10,12H,3-4,11H2,1H3,(H2,19,20,22). The van der Waals surface area contributed by atoms with Crippen molar-refractivity contribution in [3.8, 4) is 5.75 Å². The van der Waals surface area contributed by atoms with Crippen molar-refractivity contribution < 1.29 is 4.74 Å². The molecule has 5 heteroatoms. The zero-order valence-electron chi connectivity index (χ0n) is 12.4. The van der Waals surface area contributed by atoms with Crippen LogP contribution >= 0.6 is 23.8 Å². The van der Waals surface area contributed by atoms with Gasteiger partial charge in [-0.25, -0.2) is 0 Å². The maximum absolute atomic E-state index is 5.87. The highest BCUT2D eigenvalue weighted by molar-refractivity contribution is 7.80. The maximum Gasteiger partial charge on any atom is 0.170 e. The van der Waals surface area contributed by atoms with Crippen LogP contribution < -0.4 is 15.4 Å². The Kier molecular flexibility index (Phi) is 6.49. The number of ether oxygens (including phenoxy) is 1. The number of nitrogens with one attached hydrogen (secondary N) is 2. The molecule has 0 saturated carbocycles. The van der Waals surface area contributed by atoms with Gasteiger partial charge >= 0.3 is 0 Å². The summed E-state index contributed by atoms with van der Waals surface area (Å²) in [6.45, 7) is 0.818. The van der Waals surface area contributed by atoms with Crippen LogP contribution in [0.3, 0.4) is 0 Å². The molecule has 0 aliphatic carbocycles. The molecule has 116 valence electrons. The van der Waals surface area contributed by atoms with Gasteiger partial charge in [0.05, 0.1) is 7.11 Å². The highest BCUT2D eigenvalue weighted by atomic mass is 35.5. The van der Waals surface area contributed by atoms with Gasteiger partial charge in [-0.3, -0.25) is 0 Å². The number of hydrogen-bond donors (Lipinski definition) is 2. The van der Waals surface area contributed by atoms with E-state index in [0.29, 0.717) is 5.11 Å². The summed E-state index contributed by atoms with van der Waals surface area (Å²) in [6.07, 6.45) is 1.99. The number of anilines is 1. The Morgan fingerprint density at radius 2 is 1.95 bits per heavy atom. The van der Waals surface area contributed by atoms with Crippen LogP contribution in [0, 0.1) is 0 Å². The van der Waals surface area contributed by atoms with Gasteiger partial charge in [-0.05, 0) is 54.9 Å². The first-order valence-electron chi connectivity index (χ1n) is 7.11. The number of rotatable bonds is 6. The van der Waals surface area contributed by atoms with Crippen LogP contribution in [-0.4, -0.2) is 18.8 Å². The topological polar surface area (TPSA) is 33.3 Å². The molecule has 3 nitrogen and oxygen atoms in total. The van der Waals surface area contributed by atoms with Gasteiger partial charge in [-0.1, -0.05) is 29.8 Å². The minimum Gasteiger partial charge on any atom is -0.497 e. The average Bonchev–Trinajstić information content (AvgIpc) is 2.53. The van der Waals surface area contributed by atoms with Crippen LogP contribution in [0.1, 0.15) is 12.0 Å². The van der Waals surface area contributed by atoms with Gasteiger partial charge in [-0.2, -0.15) is 0 Å². The molecular weight excluding hydrogens is 316 g/mol. The monoisotopic (exact) mass is 334 g/mol. The SMILES string of the molecule is COc1cccc(NC(=S)NCCCc2ccc(Cl)cc2)c1. The van der Waals surface area contributed by atoms with Gasteiger partial charge in [0.2, 0.25) is 0 Å². The van der Waals surface area contributed by atoms with Gasteiger partial charge in [0.1, 0.15) is 5.75 Å². The third kappa shape index (κ3) is 5.54. The second kappa shape index (κ2) is 8.61. The van der Waals surface area contributed by atoms with E-state index in [9.17, 15) is 0 Å². The summed E-state index contributed by atoms with van der Waals surface area (Å²) in [5.41, 5.74) is 2.19. The molecule has 2 aromatic rings. The molecule has 0 atom stereocenters. The fourth-order valence-corrected chi connectivity index (χ4v) is 2.37. The van der Waals surface area contributed by atoms with Gasteiger partial charge in [0, 0.05) is 23.3 Å².